The number of thiocarbonyl (C=S) groups is 1. The molecule has 0 bridgehead atoms. The van der Waals surface area contributed by atoms with Gasteiger partial charge in [-0.1, -0.05) is 12.1 Å². The molecular formula is C13H14N2O2S. The Bertz CT molecular complexity index is 506. The van der Waals surface area contributed by atoms with Gasteiger partial charge in [0, 0.05) is 6.42 Å². The molecule has 1 aromatic rings. The standard InChI is InChI=1S/C13H14N2O2S/c1-8(2)17-10-5-3-9(4-6-10)7-11-12(16)15-13(18)14-11/h3-6,8H,7H2,1-2H3,(H,15,16,18). The topological polar surface area (TPSA) is 50.7 Å². The third-order valence-electron chi connectivity index (χ3n) is 2.39. The van der Waals surface area contributed by atoms with Crippen LogP contribution in [-0.2, 0) is 11.2 Å². The Kier molecular flexibility index (Phi) is 3.72. The number of nitrogens with zero attached hydrogens (tertiary/aromatic N) is 1. The zero-order chi connectivity index (χ0) is 13.1. The number of amides is 1. The molecule has 0 spiro atoms. The minimum Gasteiger partial charge on any atom is -0.491 e. The summed E-state index contributed by atoms with van der Waals surface area (Å²) >= 11 is 4.82. The zero-order valence-corrected chi connectivity index (χ0v) is 11.1. The first-order valence-corrected chi connectivity index (χ1v) is 6.14. The third-order valence-corrected chi connectivity index (χ3v) is 2.58. The van der Waals surface area contributed by atoms with Crippen molar-refractivity contribution >= 4 is 28.9 Å². The molecule has 1 N–H and O–H groups in total. The number of rotatable bonds is 4. The van der Waals surface area contributed by atoms with E-state index in [0.717, 1.165) is 11.3 Å². The average molecular weight is 262 g/mol. The van der Waals surface area contributed by atoms with Gasteiger partial charge in [0.1, 0.15) is 11.5 Å². The van der Waals surface area contributed by atoms with Gasteiger partial charge in [-0.05, 0) is 43.8 Å². The van der Waals surface area contributed by atoms with E-state index in [2.05, 4.69) is 10.3 Å². The summed E-state index contributed by atoms with van der Waals surface area (Å²) in [4.78, 5) is 15.4. The van der Waals surface area contributed by atoms with Gasteiger partial charge in [-0.2, -0.15) is 0 Å². The second-order valence-corrected chi connectivity index (χ2v) is 4.69. The monoisotopic (exact) mass is 262 g/mol. The Morgan fingerprint density at radius 3 is 2.50 bits per heavy atom. The predicted molar refractivity (Wildman–Crippen MR) is 74.1 cm³/mol. The molecule has 0 atom stereocenters. The quantitative estimate of drug-likeness (QED) is 0.843. The van der Waals surface area contributed by atoms with Crippen LogP contribution in [0.25, 0.3) is 0 Å². The van der Waals surface area contributed by atoms with Crippen molar-refractivity contribution in [1.82, 2.24) is 5.32 Å². The molecule has 0 saturated carbocycles. The lowest BCUT2D eigenvalue weighted by molar-refractivity contribution is -0.113. The minimum absolute atomic E-state index is 0.151. The molecule has 0 aromatic heterocycles. The van der Waals surface area contributed by atoms with E-state index in [-0.39, 0.29) is 17.1 Å². The fourth-order valence-corrected chi connectivity index (χ4v) is 1.84. The number of aliphatic imine (C=N–C) groups is 1. The highest BCUT2D eigenvalue weighted by Gasteiger charge is 2.20. The maximum Gasteiger partial charge on any atom is 0.272 e. The summed E-state index contributed by atoms with van der Waals surface area (Å²) in [6, 6.07) is 7.63. The van der Waals surface area contributed by atoms with Gasteiger partial charge in [-0.15, -0.1) is 0 Å². The first kappa shape index (κ1) is 12.7. The lowest BCUT2D eigenvalue weighted by atomic mass is 10.1. The lowest BCUT2D eigenvalue weighted by Crippen LogP contribution is -2.26. The molecule has 5 heteroatoms. The summed E-state index contributed by atoms with van der Waals surface area (Å²) in [7, 11) is 0. The van der Waals surface area contributed by atoms with E-state index in [1.807, 2.05) is 38.1 Å². The molecule has 1 aromatic carbocycles. The molecule has 1 aliphatic heterocycles. The number of benzene rings is 1. The SMILES string of the molecule is CC(C)Oc1ccc(CC2=NC(=S)NC2=O)cc1. The number of hydrogen-bond donors (Lipinski definition) is 1. The lowest BCUT2D eigenvalue weighted by Gasteiger charge is -2.09. The van der Waals surface area contributed by atoms with Crippen LogP contribution in [0.4, 0.5) is 0 Å². The highest BCUT2D eigenvalue weighted by molar-refractivity contribution is 7.80. The third kappa shape index (κ3) is 3.13. The van der Waals surface area contributed by atoms with Gasteiger partial charge in [0.2, 0.25) is 0 Å². The number of carbonyl (C=O) groups is 1. The van der Waals surface area contributed by atoms with Gasteiger partial charge in [0.25, 0.3) is 5.91 Å². The maximum absolute atomic E-state index is 11.4. The second-order valence-electron chi connectivity index (χ2n) is 4.31. The smallest absolute Gasteiger partial charge is 0.272 e. The average Bonchev–Trinajstić information content (AvgIpc) is 2.59. The van der Waals surface area contributed by atoms with E-state index < -0.39 is 0 Å². The normalized spacial score (nSPS) is 14.7. The Balaban J connectivity index is 2.05. The molecule has 0 radical (unpaired) electrons. The van der Waals surface area contributed by atoms with Crippen LogP contribution < -0.4 is 10.1 Å². The fourth-order valence-electron chi connectivity index (χ4n) is 1.64. The van der Waals surface area contributed by atoms with Crippen molar-refractivity contribution in [1.29, 1.82) is 0 Å². The first-order valence-electron chi connectivity index (χ1n) is 5.73. The Morgan fingerprint density at radius 2 is 2.00 bits per heavy atom. The van der Waals surface area contributed by atoms with E-state index >= 15 is 0 Å². The molecule has 1 heterocycles. The van der Waals surface area contributed by atoms with Crippen LogP contribution in [0, 0.1) is 0 Å². The van der Waals surface area contributed by atoms with Gasteiger partial charge in [-0.25, -0.2) is 4.99 Å². The van der Waals surface area contributed by atoms with Crippen LogP contribution in [0.2, 0.25) is 0 Å². The van der Waals surface area contributed by atoms with E-state index in [0.29, 0.717) is 12.1 Å². The van der Waals surface area contributed by atoms with Crippen LogP contribution in [0.3, 0.4) is 0 Å². The van der Waals surface area contributed by atoms with Crippen molar-refractivity contribution in [2.75, 3.05) is 0 Å². The van der Waals surface area contributed by atoms with Gasteiger partial charge in [-0.3, -0.25) is 10.1 Å². The van der Waals surface area contributed by atoms with Crippen molar-refractivity contribution in [3.8, 4) is 5.75 Å². The highest BCUT2D eigenvalue weighted by Crippen LogP contribution is 2.15. The second kappa shape index (κ2) is 5.27. The molecule has 4 nitrogen and oxygen atoms in total. The first-order chi connectivity index (χ1) is 8.54. The summed E-state index contributed by atoms with van der Waals surface area (Å²) in [6.45, 7) is 3.96. The van der Waals surface area contributed by atoms with Crippen LogP contribution >= 0.6 is 12.2 Å². The van der Waals surface area contributed by atoms with Crippen molar-refractivity contribution in [2.24, 2.45) is 4.99 Å². The summed E-state index contributed by atoms with van der Waals surface area (Å²) in [5.74, 6) is 0.615. The molecule has 1 amide bonds. The molecular weight excluding hydrogens is 248 g/mol. The van der Waals surface area contributed by atoms with E-state index in [1.54, 1.807) is 0 Å². The summed E-state index contributed by atoms with van der Waals surface area (Å²) in [5, 5.41) is 2.73. The number of nitrogens with one attached hydrogen (secondary N) is 1. The Labute approximate surface area is 111 Å². The number of carbonyl (C=O) groups excluding carboxylic acids is 1. The van der Waals surface area contributed by atoms with Crippen LogP contribution in [0.5, 0.6) is 5.75 Å². The Morgan fingerprint density at radius 1 is 1.33 bits per heavy atom. The molecule has 0 aliphatic carbocycles. The number of ether oxygens (including phenoxy) is 1. The molecule has 0 unspecified atom stereocenters. The van der Waals surface area contributed by atoms with Gasteiger partial charge < -0.3 is 4.74 Å². The number of hydrogen-bond acceptors (Lipinski definition) is 3. The molecule has 94 valence electrons. The van der Waals surface area contributed by atoms with Crippen LogP contribution in [0.1, 0.15) is 19.4 Å². The molecule has 2 rings (SSSR count). The van der Waals surface area contributed by atoms with Crippen LogP contribution in [0.15, 0.2) is 29.3 Å². The minimum atomic E-state index is -0.206. The molecule has 18 heavy (non-hydrogen) atoms. The Hall–Kier alpha value is -1.75. The summed E-state index contributed by atoms with van der Waals surface area (Å²) in [6.07, 6.45) is 0.631. The summed E-state index contributed by atoms with van der Waals surface area (Å²) in [5.41, 5.74) is 1.46. The molecule has 0 fully saturated rings. The van der Waals surface area contributed by atoms with Crippen LogP contribution in [-0.4, -0.2) is 22.8 Å². The van der Waals surface area contributed by atoms with Crippen molar-refractivity contribution in [3.63, 3.8) is 0 Å². The molecule has 0 saturated heterocycles. The van der Waals surface area contributed by atoms with Gasteiger partial charge in [0.05, 0.1) is 6.10 Å². The van der Waals surface area contributed by atoms with E-state index in [4.69, 9.17) is 17.0 Å². The van der Waals surface area contributed by atoms with E-state index in [9.17, 15) is 4.79 Å². The van der Waals surface area contributed by atoms with Crippen molar-refractivity contribution in [3.05, 3.63) is 29.8 Å². The highest BCUT2D eigenvalue weighted by atomic mass is 32.1. The van der Waals surface area contributed by atoms with Crippen molar-refractivity contribution in [2.45, 2.75) is 26.4 Å². The summed E-state index contributed by atoms with van der Waals surface area (Å²) < 4.78 is 5.55. The van der Waals surface area contributed by atoms with E-state index in [1.165, 1.54) is 0 Å². The fraction of sp³-hybridized carbons (Fsp3) is 0.308. The van der Waals surface area contributed by atoms with Crippen molar-refractivity contribution < 1.29 is 9.53 Å². The largest absolute Gasteiger partial charge is 0.491 e. The predicted octanol–water partition coefficient (Wildman–Crippen LogP) is 1.87. The molecule has 1 aliphatic rings. The van der Waals surface area contributed by atoms with Gasteiger partial charge in [0.15, 0.2) is 5.11 Å². The zero-order valence-electron chi connectivity index (χ0n) is 10.3. The van der Waals surface area contributed by atoms with Gasteiger partial charge >= 0.3 is 0 Å². The maximum atomic E-state index is 11.4.